The second-order valence-corrected chi connectivity index (χ2v) is 3.36. The van der Waals surface area contributed by atoms with Crippen LogP contribution in [0.5, 0.6) is 0 Å². The van der Waals surface area contributed by atoms with Crippen molar-refractivity contribution in [3.8, 4) is 0 Å². The molecule has 1 fully saturated rings. The van der Waals surface area contributed by atoms with Crippen LogP contribution in [0.25, 0.3) is 0 Å². The topological polar surface area (TPSA) is 71.2 Å². The SMILES string of the molecule is O=C1CC(O)CN1CCn1ccnn1. The maximum atomic E-state index is 11.3. The first kappa shape index (κ1) is 9.14. The molecule has 1 N–H and O–H groups in total. The lowest BCUT2D eigenvalue weighted by atomic mass is 10.3. The molecule has 76 valence electrons. The smallest absolute Gasteiger partial charge is 0.225 e. The quantitative estimate of drug-likeness (QED) is 0.664. The molecule has 6 heteroatoms. The molecule has 1 amide bonds. The van der Waals surface area contributed by atoms with Crippen molar-refractivity contribution in [2.45, 2.75) is 19.1 Å². The van der Waals surface area contributed by atoms with Crippen molar-refractivity contribution < 1.29 is 9.90 Å². The number of likely N-dealkylation sites (tertiary alicyclic amines) is 1. The Bertz CT molecular complexity index is 311. The fraction of sp³-hybridized carbons (Fsp3) is 0.625. The van der Waals surface area contributed by atoms with Crippen LogP contribution in [-0.2, 0) is 11.3 Å². The largest absolute Gasteiger partial charge is 0.391 e. The first-order valence-corrected chi connectivity index (χ1v) is 4.55. The first-order chi connectivity index (χ1) is 6.75. The molecule has 6 nitrogen and oxygen atoms in total. The van der Waals surface area contributed by atoms with Gasteiger partial charge in [-0.25, -0.2) is 0 Å². The minimum Gasteiger partial charge on any atom is -0.391 e. The van der Waals surface area contributed by atoms with E-state index in [9.17, 15) is 9.90 Å². The number of aliphatic hydroxyl groups excluding tert-OH is 1. The van der Waals surface area contributed by atoms with E-state index in [1.165, 1.54) is 0 Å². The monoisotopic (exact) mass is 196 g/mol. The Morgan fingerprint density at radius 3 is 3.00 bits per heavy atom. The van der Waals surface area contributed by atoms with Crippen LogP contribution in [0.15, 0.2) is 12.4 Å². The van der Waals surface area contributed by atoms with Crippen molar-refractivity contribution in [1.82, 2.24) is 19.9 Å². The molecule has 14 heavy (non-hydrogen) atoms. The number of carbonyl (C=O) groups excluding carboxylic acids is 1. The lowest BCUT2D eigenvalue weighted by Gasteiger charge is -2.14. The van der Waals surface area contributed by atoms with Crippen molar-refractivity contribution in [1.29, 1.82) is 0 Å². The molecular weight excluding hydrogens is 184 g/mol. The number of aliphatic hydroxyl groups is 1. The fourth-order valence-corrected chi connectivity index (χ4v) is 1.54. The van der Waals surface area contributed by atoms with E-state index in [-0.39, 0.29) is 12.3 Å². The third-order valence-electron chi connectivity index (χ3n) is 2.27. The van der Waals surface area contributed by atoms with Crippen molar-refractivity contribution in [2.24, 2.45) is 0 Å². The van der Waals surface area contributed by atoms with Crippen LogP contribution in [0.2, 0.25) is 0 Å². The summed E-state index contributed by atoms with van der Waals surface area (Å²) in [5.74, 6) is 0.0117. The Kier molecular flexibility index (Phi) is 2.45. The molecule has 1 unspecified atom stereocenters. The molecule has 0 saturated carbocycles. The van der Waals surface area contributed by atoms with Gasteiger partial charge in [0.05, 0.1) is 25.3 Å². The number of amides is 1. The van der Waals surface area contributed by atoms with E-state index < -0.39 is 6.10 Å². The van der Waals surface area contributed by atoms with Gasteiger partial charge in [0.1, 0.15) is 0 Å². The van der Waals surface area contributed by atoms with Crippen molar-refractivity contribution in [2.75, 3.05) is 13.1 Å². The summed E-state index contributed by atoms with van der Waals surface area (Å²) in [4.78, 5) is 12.9. The predicted octanol–water partition coefficient (Wildman–Crippen LogP) is -1.13. The van der Waals surface area contributed by atoms with Crippen molar-refractivity contribution in [3.63, 3.8) is 0 Å². The standard InChI is InChI=1S/C8H12N4O2/c13-7-5-8(14)11(6-7)3-4-12-2-1-9-10-12/h1-2,7,13H,3-6H2. The molecule has 1 saturated heterocycles. The average Bonchev–Trinajstić information content (AvgIpc) is 2.72. The Morgan fingerprint density at radius 1 is 1.57 bits per heavy atom. The number of hydrogen-bond donors (Lipinski definition) is 1. The normalized spacial score (nSPS) is 21.9. The van der Waals surface area contributed by atoms with E-state index in [0.717, 1.165) is 0 Å². The summed E-state index contributed by atoms with van der Waals surface area (Å²) in [6.45, 7) is 1.64. The molecule has 0 aliphatic carbocycles. The Balaban J connectivity index is 1.84. The van der Waals surface area contributed by atoms with Gasteiger partial charge < -0.3 is 10.0 Å². The molecular formula is C8H12N4O2. The summed E-state index contributed by atoms with van der Waals surface area (Å²) in [5.41, 5.74) is 0. The Labute approximate surface area is 81.1 Å². The summed E-state index contributed by atoms with van der Waals surface area (Å²) >= 11 is 0. The number of hydrogen-bond acceptors (Lipinski definition) is 4. The van der Waals surface area contributed by atoms with E-state index in [4.69, 9.17) is 0 Å². The summed E-state index contributed by atoms with van der Waals surface area (Å²) in [5, 5.41) is 16.7. The molecule has 0 spiro atoms. The number of β-amino-alcohol motifs (C(OH)–C–C–N with tert-alkyl or cyclic N) is 1. The van der Waals surface area contributed by atoms with Crippen LogP contribution >= 0.6 is 0 Å². The highest BCUT2D eigenvalue weighted by Gasteiger charge is 2.27. The second kappa shape index (κ2) is 3.75. The Morgan fingerprint density at radius 2 is 2.43 bits per heavy atom. The molecule has 2 heterocycles. The minimum atomic E-state index is -0.502. The van der Waals surface area contributed by atoms with E-state index in [1.807, 2.05) is 0 Å². The van der Waals surface area contributed by atoms with Crippen molar-refractivity contribution >= 4 is 5.91 Å². The molecule has 1 aliphatic rings. The van der Waals surface area contributed by atoms with E-state index in [1.54, 1.807) is 22.0 Å². The number of carbonyl (C=O) groups is 1. The van der Waals surface area contributed by atoms with Gasteiger partial charge in [0.25, 0.3) is 0 Å². The maximum absolute atomic E-state index is 11.3. The van der Waals surface area contributed by atoms with Gasteiger partial charge in [0.2, 0.25) is 5.91 Å². The molecule has 0 radical (unpaired) electrons. The molecule has 1 atom stereocenters. The summed E-state index contributed by atoms with van der Waals surface area (Å²) in [7, 11) is 0. The fourth-order valence-electron chi connectivity index (χ4n) is 1.54. The molecule has 0 bridgehead atoms. The Hall–Kier alpha value is -1.43. The zero-order valence-corrected chi connectivity index (χ0v) is 7.70. The number of rotatable bonds is 3. The number of nitrogens with zero attached hydrogens (tertiary/aromatic N) is 4. The minimum absolute atomic E-state index is 0.0117. The van der Waals surface area contributed by atoms with Crippen LogP contribution in [-0.4, -0.2) is 50.1 Å². The average molecular weight is 196 g/mol. The third kappa shape index (κ3) is 1.90. The predicted molar refractivity (Wildman–Crippen MR) is 47.2 cm³/mol. The molecule has 1 aromatic heterocycles. The van der Waals surface area contributed by atoms with Gasteiger partial charge in [-0.3, -0.25) is 9.48 Å². The third-order valence-corrected chi connectivity index (χ3v) is 2.27. The zero-order chi connectivity index (χ0) is 9.97. The van der Waals surface area contributed by atoms with E-state index in [0.29, 0.717) is 19.6 Å². The van der Waals surface area contributed by atoms with Crippen LogP contribution < -0.4 is 0 Å². The van der Waals surface area contributed by atoms with Crippen LogP contribution in [0, 0.1) is 0 Å². The van der Waals surface area contributed by atoms with E-state index in [2.05, 4.69) is 10.3 Å². The van der Waals surface area contributed by atoms with Gasteiger partial charge in [-0.1, -0.05) is 5.21 Å². The highest BCUT2D eigenvalue weighted by molar-refractivity contribution is 5.78. The van der Waals surface area contributed by atoms with Crippen LogP contribution in [0.4, 0.5) is 0 Å². The summed E-state index contributed by atoms with van der Waals surface area (Å²) in [6, 6.07) is 0. The van der Waals surface area contributed by atoms with Crippen molar-refractivity contribution in [3.05, 3.63) is 12.4 Å². The van der Waals surface area contributed by atoms with Crippen LogP contribution in [0.3, 0.4) is 0 Å². The molecule has 1 aromatic rings. The molecule has 1 aliphatic heterocycles. The lowest BCUT2D eigenvalue weighted by Crippen LogP contribution is -2.29. The van der Waals surface area contributed by atoms with Gasteiger partial charge in [-0.2, -0.15) is 0 Å². The highest BCUT2D eigenvalue weighted by atomic mass is 16.3. The van der Waals surface area contributed by atoms with Gasteiger partial charge in [-0.15, -0.1) is 5.10 Å². The maximum Gasteiger partial charge on any atom is 0.225 e. The second-order valence-electron chi connectivity index (χ2n) is 3.36. The van der Waals surface area contributed by atoms with E-state index >= 15 is 0 Å². The van der Waals surface area contributed by atoms with Gasteiger partial charge in [-0.05, 0) is 0 Å². The first-order valence-electron chi connectivity index (χ1n) is 4.55. The van der Waals surface area contributed by atoms with Gasteiger partial charge in [0.15, 0.2) is 0 Å². The molecule has 2 rings (SSSR count). The zero-order valence-electron chi connectivity index (χ0n) is 7.70. The van der Waals surface area contributed by atoms with Gasteiger partial charge in [0, 0.05) is 19.3 Å². The van der Waals surface area contributed by atoms with Crippen LogP contribution in [0.1, 0.15) is 6.42 Å². The van der Waals surface area contributed by atoms with Gasteiger partial charge >= 0.3 is 0 Å². The molecule has 0 aromatic carbocycles. The highest BCUT2D eigenvalue weighted by Crippen LogP contribution is 2.09. The summed E-state index contributed by atoms with van der Waals surface area (Å²) in [6.07, 6.45) is 3.09. The lowest BCUT2D eigenvalue weighted by molar-refractivity contribution is -0.127. The summed E-state index contributed by atoms with van der Waals surface area (Å²) < 4.78 is 1.66. The number of aromatic nitrogens is 3.